The van der Waals surface area contributed by atoms with Crippen molar-refractivity contribution >= 4 is 28.5 Å². The third-order valence-corrected chi connectivity index (χ3v) is 7.95. The van der Waals surface area contributed by atoms with Gasteiger partial charge in [-0.3, -0.25) is 0 Å². The Bertz CT molecular complexity index is 1750. The molecule has 7 rings (SSSR count). The molecule has 4 aromatic heterocycles. The number of allylic oxidation sites excluding steroid dienone is 1. The summed E-state index contributed by atoms with van der Waals surface area (Å²) < 4.78 is 13.3. The smallest absolute Gasteiger partial charge is 0.410 e. The average Bonchev–Trinajstić information content (AvgIpc) is 3.47. The van der Waals surface area contributed by atoms with Crippen LogP contribution < -0.4 is 5.73 Å². The van der Waals surface area contributed by atoms with Gasteiger partial charge in [0.1, 0.15) is 29.1 Å². The van der Waals surface area contributed by atoms with Crippen LogP contribution in [0.2, 0.25) is 0 Å². The fraction of sp³-hybridized carbons (Fsp3) is 0.500. The molecule has 1 spiro atoms. The first-order valence-electron chi connectivity index (χ1n) is 14.3. The Kier molecular flexibility index (Phi) is 5.58. The van der Waals surface area contributed by atoms with Crippen LogP contribution in [0.1, 0.15) is 78.0 Å². The Morgan fingerprint density at radius 2 is 1.74 bits per heavy atom. The third kappa shape index (κ3) is 4.40. The number of nitrogens with two attached hydrogens (primary N) is 1. The van der Waals surface area contributed by atoms with Crippen molar-refractivity contribution in [1.29, 1.82) is 0 Å². The Labute approximate surface area is 243 Å². The molecule has 0 aromatic carbocycles. The zero-order chi connectivity index (χ0) is 29.6. The summed E-state index contributed by atoms with van der Waals surface area (Å²) in [5.74, 6) is 1.90. The molecule has 12 heteroatoms. The molecule has 1 saturated carbocycles. The molecule has 2 N–H and O–H groups in total. The SMILES string of the molecule is CC(C)(C)OC(=O)N1CC2(C=C(c3cnc(-c4c(-c5nn(C(C)(C)C)c6ncnc(N)c56)noc4C4CC4)nc3)C2)C1. The van der Waals surface area contributed by atoms with Gasteiger partial charge in [-0.2, -0.15) is 5.10 Å². The van der Waals surface area contributed by atoms with E-state index in [0.29, 0.717) is 47.2 Å². The number of carbonyl (C=O) groups is 1. The van der Waals surface area contributed by atoms with E-state index in [1.165, 1.54) is 11.9 Å². The van der Waals surface area contributed by atoms with Crippen LogP contribution in [0.15, 0.2) is 29.3 Å². The topological polar surface area (TPSA) is 151 Å². The fourth-order valence-corrected chi connectivity index (χ4v) is 5.81. The number of anilines is 1. The number of aromatic nitrogens is 7. The molecule has 218 valence electrons. The van der Waals surface area contributed by atoms with Crippen LogP contribution >= 0.6 is 0 Å². The summed E-state index contributed by atoms with van der Waals surface area (Å²) in [5.41, 5.74) is 10.1. The summed E-state index contributed by atoms with van der Waals surface area (Å²) in [5, 5.41) is 10.0. The number of ether oxygens (including phenoxy) is 1. The lowest BCUT2D eigenvalue weighted by molar-refractivity contribution is -0.0207. The molecule has 3 aliphatic rings. The van der Waals surface area contributed by atoms with Gasteiger partial charge < -0.3 is 19.9 Å². The predicted molar refractivity (Wildman–Crippen MR) is 156 cm³/mol. The van der Waals surface area contributed by atoms with E-state index in [4.69, 9.17) is 30.1 Å². The van der Waals surface area contributed by atoms with Gasteiger partial charge >= 0.3 is 6.09 Å². The maximum atomic E-state index is 12.4. The molecule has 2 aliphatic carbocycles. The molecule has 1 saturated heterocycles. The predicted octanol–water partition coefficient (Wildman–Crippen LogP) is 5.18. The number of nitrogen functional groups attached to an aromatic ring is 1. The van der Waals surface area contributed by atoms with Crippen LogP contribution in [-0.2, 0) is 10.3 Å². The number of amides is 1. The number of fused-ring (bicyclic) bond motifs is 1. The lowest BCUT2D eigenvalue weighted by atomic mass is 9.64. The highest BCUT2D eigenvalue weighted by molar-refractivity contribution is 6.00. The van der Waals surface area contributed by atoms with Crippen molar-refractivity contribution in [3.05, 3.63) is 36.1 Å². The van der Waals surface area contributed by atoms with E-state index < -0.39 is 5.60 Å². The molecule has 12 nitrogen and oxygen atoms in total. The van der Waals surface area contributed by atoms with Crippen molar-refractivity contribution in [2.45, 2.75) is 77.9 Å². The first kappa shape index (κ1) is 26.5. The number of nitrogens with zero attached hydrogens (tertiary/aromatic N) is 8. The number of hydrogen-bond acceptors (Lipinski definition) is 10. The summed E-state index contributed by atoms with van der Waals surface area (Å²) in [7, 11) is 0. The van der Waals surface area contributed by atoms with Gasteiger partial charge in [-0.1, -0.05) is 11.2 Å². The highest BCUT2D eigenvalue weighted by Crippen LogP contribution is 2.51. The summed E-state index contributed by atoms with van der Waals surface area (Å²) in [4.78, 5) is 32.4. The molecule has 0 unspecified atom stereocenters. The number of hydrogen-bond donors (Lipinski definition) is 1. The van der Waals surface area contributed by atoms with Gasteiger partial charge in [-0.05, 0) is 66.4 Å². The Morgan fingerprint density at radius 1 is 1.05 bits per heavy atom. The Balaban J connectivity index is 1.19. The molecule has 5 heterocycles. The summed E-state index contributed by atoms with van der Waals surface area (Å²) in [6, 6.07) is 0. The summed E-state index contributed by atoms with van der Waals surface area (Å²) in [6.07, 6.45) is 10.0. The molecule has 42 heavy (non-hydrogen) atoms. The van der Waals surface area contributed by atoms with Gasteiger partial charge in [0, 0.05) is 42.4 Å². The summed E-state index contributed by atoms with van der Waals surface area (Å²) in [6.45, 7) is 13.1. The van der Waals surface area contributed by atoms with E-state index in [-0.39, 0.29) is 23.0 Å². The second-order valence-electron chi connectivity index (χ2n) is 13.8. The normalized spacial score (nSPS) is 18.1. The van der Waals surface area contributed by atoms with Gasteiger partial charge in [0.2, 0.25) is 0 Å². The molecular formula is C30H35N9O3. The molecule has 4 aromatic rings. The van der Waals surface area contributed by atoms with E-state index in [1.54, 1.807) is 4.90 Å². The minimum atomic E-state index is -0.497. The number of carbonyl (C=O) groups excluding carboxylic acids is 1. The maximum absolute atomic E-state index is 12.4. The molecule has 1 aliphatic heterocycles. The highest BCUT2D eigenvalue weighted by Gasteiger charge is 2.50. The standard InChI is InChI=1S/C30H35N9O3/c1-28(2,3)39-26-20(24(31)34-15-35-26)21(36-39)22-19(23(42-37-22)16-7-8-16)25-32-11-18(12-33-25)17-9-30(10-17)13-38(14-30)27(40)41-29(4,5)6/h9,11-12,15-16H,7-8,10,13-14H2,1-6H3,(H2,31,34,35). The molecule has 0 radical (unpaired) electrons. The zero-order valence-corrected chi connectivity index (χ0v) is 24.8. The first-order valence-corrected chi connectivity index (χ1v) is 14.3. The van der Waals surface area contributed by atoms with Crippen LogP contribution in [0.4, 0.5) is 10.6 Å². The van der Waals surface area contributed by atoms with Gasteiger partial charge in [0.25, 0.3) is 0 Å². The Morgan fingerprint density at radius 3 is 2.36 bits per heavy atom. The first-order chi connectivity index (χ1) is 19.8. The second-order valence-corrected chi connectivity index (χ2v) is 13.8. The van der Waals surface area contributed by atoms with Gasteiger partial charge in [-0.15, -0.1) is 0 Å². The maximum Gasteiger partial charge on any atom is 0.410 e. The van der Waals surface area contributed by atoms with Crippen LogP contribution in [0, 0.1) is 5.41 Å². The van der Waals surface area contributed by atoms with E-state index >= 15 is 0 Å². The minimum Gasteiger partial charge on any atom is -0.444 e. The van der Waals surface area contributed by atoms with Crippen LogP contribution in [0.25, 0.3) is 39.4 Å². The van der Waals surface area contributed by atoms with Crippen molar-refractivity contribution in [3.8, 4) is 22.8 Å². The molecule has 1 amide bonds. The molecule has 0 atom stereocenters. The molecule has 0 bridgehead atoms. The third-order valence-electron chi connectivity index (χ3n) is 7.95. The molecule has 2 fully saturated rings. The van der Waals surface area contributed by atoms with Crippen molar-refractivity contribution in [1.82, 2.24) is 39.8 Å². The zero-order valence-electron chi connectivity index (χ0n) is 24.8. The van der Waals surface area contributed by atoms with Gasteiger partial charge in [0.15, 0.2) is 17.2 Å². The van der Waals surface area contributed by atoms with Crippen molar-refractivity contribution in [2.24, 2.45) is 5.41 Å². The number of rotatable bonds is 4. The van der Waals surface area contributed by atoms with Crippen LogP contribution in [-0.4, -0.2) is 64.6 Å². The lowest BCUT2D eigenvalue weighted by Crippen LogP contribution is -2.60. The molecular weight excluding hydrogens is 534 g/mol. The van der Waals surface area contributed by atoms with Crippen LogP contribution in [0.5, 0.6) is 0 Å². The van der Waals surface area contributed by atoms with Crippen molar-refractivity contribution < 1.29 is 14.1 Å². The van der Waals surface area contributed by atoms with E-state index in [0.717, 1.165) is 36.1 Å². The monoisotopic (exact) mass is 569 g/mol. The fourth-order valence-electron chi connectivity index (χ4n) is 5.81. The highest BCUT2D eigenvalue weighted by atomic mass is 16.6. The van der Waals surface area contributed by atoms with Crippen LogP contribution in [0.3, 0.4) is 0 Å². The van der Waals surface area contributed by atoms with Gasteiger partial charge in [-0.25, -0.2) is 29.4 Å². The number of likely N-dealkylation sites (tertiary alicyclic amines) is 1. The second kappa shape index (κ2) is 8.83. The van der Waals surface area contributed by atoms with E-state index in [1.807, 2.05) is 37.8 Å². The quantitative estimate of drug-likeness (QED) is 0.348. The van der Waals surface area contributed by atoms with Crippen molar-refractivity contribution in [3.63, 3.8) is 0 Å². The van der Waals surface area contributed by atoms with Crippen molar-refractivity contribution in [2.75, 3.05) is 18.8 Å². The minimum absolute atomic E-state index is 0.0145. The van der Waals surface area contributed by atoms with Gasteiger partial charge in [0.05, 0.1) is 16.5 Å². The summed E-state index contributed by atoms with van der Waals surface area (Å²) >= 11 is 0. The lowest BCUT2D eigenvalue weighted by Gasteiger charge is -2.53. The average molecular weight is 570 g/mol. The van der Waals surface area contributed by atoms with E-state index in [9.17, 15) is 4.79 Å². The largest absolute Gasteiger partial charge is 0.444 e. The Hall–Kier alpha value is -4.35. The van der Waals surface area contributed by atoms with E-state index in [2.05, 4.69) is 42.0 Å².